The van der Waals surface area contributed by atoms with E-state index in [1.54, 1.807) is 25.9 Å². The Kier molecular flexibility index (Phi) is 7.06. The Hall–Kier alpha value is -0.900. The van der Waals surface area contributed by atoms with Crippen LogP contribution in [0, 0.1) is 5.92 Å². The number of piperidine rings is 1. The maximum atomic E-state index is 13.7. The number of halogens is 2. The first-order valence-corrected chi connectivity index (χ1v) is 12.2. The first-order chi connectivity index (χ1) is 14.0. The van der Waals surface area contributed by atoms with E-state index >= 15 is 0 Å². The summed E-state index contributed by atoms with van der Waals surface area (Å²) in [6.07, 6.45) is 1.68. The number of fused-ring (bicyclic) bond motifs is 2. The molecule has 7 nitrogen and oxygen atoms in total. The summed E-state index contributed by atoms with van der Waals surface area (Å²) in [7, 11) is -2.54. The predicted molar refractivity (Wildman–Crippen MR) is 115 cm³/mol. The van der Waals surface area contributed by atoms with Gasteiger partial charge in [-0.3, -0.25) is 4.79 Å². The Morgan fingerprint density at radius 1 is 1.20 bits per heavy atom. The molecule has 3 atom stereocenters. The van der Waals surface area contributed by atoms with E-state index in [2.05, 4.69) is 0 Å². The quantitative estimate of drug-likeness (QED) is 0.678. The van der Waals surface area contributed by atoms with Gasteiger partial charge in [0, 0.05) is 42.2 Å². The molecule has 2 aliphatic rings. The van der Waals surface area contributed by atoms with Crippen LogP contribution in [0.5, 0.6) is 0 Å². The maximum absolute atomic E-state index is 13.7. The Labute approximate surface area is 187 Å². The average molecular weight is 479 g/mol. The van der Waals surface area contributed by atoms with Gasteiger partial charge in [0.2, 0.25) is 15.9 Å². The topological polar surface area (TPSA) is 87.2 Å². The van der Waals surface area contributed by atoms with E-state index in [0.717, 1.165) is 0 Å². The highest BCUT2D eigenvalue weighted by Crippen LogP contribution is 2.41. The summed E-state index contributed by atoms with van der Waals surface area (Å²) in [5, 5.41) is 11.3. The van der Waals surface area contributed by atoms with Gasteiger partial charge in [0.1, 0.15) is 6.04 Å². The Morgan fingerprint density at radius 2 is 1.83 bits per heavy atom. The molecule has 1 aromatic rings. The lowest BCUT2D eigenvalue weighted by Crippen LogP contribution is -2.57. The molecule has 2 unspecified atom stereocenters. The Morgan fingerprint density at radius 3 is 2.40 bits per heavy atom. The van der Waals surface area contributed by atoms with Crippen LogP contribution >= 0.6 is 23.2 Å². The summed E-state index contributed by atoms with van der Waals surface area (Å²) >= 11 is 12.1. The lowest BCUT2D eigenvalue weighted by Gasteiger charge is -2.43. The van der Waals surface area contributed by atoms with Gasteiger partial charge in [-0.25, -0.2) is 8.42 Å². The molecule has 0 saturated carbocycles. The maximum Gasteiger partial charge on any atom is 0.244 e. The second-order valence-corrected chi connectivity index (χ2v) is 11.2. The zero-order chi connectivity index (χ0) is 22.3. The van der Waals surface area contributed by atoms with Crippen molar-refractivity contribution in [2.45, 2.75) is 55.7 Å². The first-order valence-electron chi connectivity index (χ1n) is 9.96. The predicted octanol–water partition coefficient (Wildman–Crippen LogP) is 2.78. The highest BCUT2D eigenvalue weighted by atomic mass is 35.5. The van der Waals surface area contributed by atoms with Gasteiger partial charge in [-0.2, -0.15) is 4.31 Å². The molecule has 1 aromatic carbocycles. The number of rotatable bonds is 6. The van der Waals surface area contributed by atoms with Crippen LogP contribution in [-0.2, 0) is 19.6 Å². The van der Waals surface area contributed by atoms with Crippen molar-refractivity contribution in [2.75, 3.05) is 26.8 Å². The molecule has 0 aromatic heterocycles. The number of hydrogen-bond acceptors (Lipinski definition) is 5. The zero-order valence-corrected chi connectivity index (χ0v) is 19.7. The Bertz CT molecular complexity index is 883. The molecule has 0 radical (unpaired) electrons. The number of sulfonamides is 1. The van der Waals surface area contributed by atoms with Crippen LogP contribution in [0.25, 0.3) is 0 Å². The number of carbonyl (C=O) groups is 1. The number of amides is 1. The summed E-state index contributed by atoms with van der Waals surface area (Å²) in [4.78, 5) is 15.0. The van der Waals surface area contributed by atoms with Crippen LogP contribution in [0.1, 0.15) is 33.1 Å². The summed E-state index contributed by atoms with van der Waals surface area (Å²) in [6.45, 7) is 4.24. The fourth-order valence-electron chi connectivity index (χ4n) is 4.52. The van der Waals surface area contributed by atoms with E-state index < -0.39 is 33.6 Å². The zero-order valence-electron chi connectivity index (χ0n) is 17.3. The third kappa shape index (κ3) is 4.64. The van der Waals surface area contributed by atoms with Crippen LogP contribution in [0.4, 0.5) is 0 Å². The smallest absolute Gasteiger partial charge is 0.244 e. The molecular formula is C20H28Cl2N2O5S. The molecular weight excluding hydrogens is 451 g/mol. The normalized spacial score (nSPS) is 26.0. The van der Waals surface area contributed by atoms with Crippen molar-refractivity contribution in [3.05, 3.63) is 28.2 Å². The van der Waals surface area contributed by atoms with Crippen LogP contribution in [-0.4, -0.2) is 73.1 Å². The van der Waals surface area contributed by atoms with E-state index in [1.165, 1.54) is 22.5 Å². The minimum absolute atomic E-state index is 0.0514. The fraction of sp³-hybridized carbons (Fsp3) is 0.650. The first kappa shape index (κ1) is 23.8. The van der Waals surface area contributed by atoms with Gasteiger partial charge in [-0.15, -0.1) is 0 Å². The molecule has 3 rings (SSSR count). The van der Waals surface area contributed by atoms with Crippen molar-refractivity contribution in [1.29, 1.82) is 0 Å². The third-order valence-corrected chi connectivity index (χ3v) is 8.32. The number of methoxy groups -OCH3 is 1. The van der Waals surface area contributed by atoms with Crippen molar-refractivity contribution in [3.8, 4) is 0 Å². The van der Waals surface area contributed by atoms with Gasteiger partial charge in [-0.05, 0) is 51.3 Å². The van der Waals surface area contributed by atoms with Crippen molar-refractivity contribution >= 4 is 39.1 Å². The van der Waals surface area contributed by atoms with Crippen LogP contribution < -0.4 is 0 Å². The molecule has 10 heteroatoms. The minimum Gasteiger partial charge on any atom is -0.390 e. The second kappa shape index (κ2) is 8.92. The van der Waals surface area contributed by atoms with E-state index in [9.17, 15) is 18.3 Å². The van der Waals surface area contributed by atoms with Gasteiger partial charge < -0.3 is 14.7 Å². The molecule has 2 saturated heterocycles. The highest BCUT2D eigenvalue weighted by Gasteiger charge is 2.53. The SMILES string of the molecule is COCCN1C[C@H](C(C)(C)O)C2CCCC(C1=O)N2S(=O)(=O)c1cc(Cl)cc(Cl)c1. The number of benzene rings is 1. The number of hydrogen-bond donors (Lipinski definition) is 1. The van der Waals surface area contributed by atoms with Crippen LogP contribution in [0.2, 0.25) is 10.0 Å². The fourth-order valence-corrected chi connectivity index (χ4v) is 7.11. The Balaban J connectivity index is 2.13. The third-order valence-electron chi connectivity index (χ3n) is 5.97. The molecule has 1 N–H and O–H groups in total. The van der Waals surface area contributed by atoms with Gasteiger partial charge in [-0.1, -0.05) is 23.2 Å². The van der Waals surface area contributed by atoms with Crippen LogP contribution in [0.3, 0.4) is 0 Å². The highest BCUT2D eigenvalue weighted by molar-refractivity contribution is 7.89. The number of ether oxygens (including phenoxy) is 1. The van der Waals surface area contributed by atoms with Crippen molar-refractivity contribution in [3.63, 3.8) is 0 Å². The van der Waals surface area contributed by atoms with Crippen molar-refractivity contribution < 1.29 is 23.1 Å². The molecule has 2 bridgehead atoms. The van der Waals surface area contributed by atoms with Crippen molar-refractivity contribution in [2.24, 2.45) is 5.92 Å². The van der Waals surface area contributed by atoms with Crippen molar-refractivity contribution in [1.82, 2.24) is 9.21 Å². The lowest BCUT2D eigenvalue weighted by molar-refractivity contribution is -0.135. The molecule has 2 aliphatic heterocycles. The molecule has 2 fully saturated rings. The summed E-state index contributed by atoms with van der Waals surface area (Å²) in [6, 6.07) is 2.78. The van der Waals surface area contributed by atoms with E-state index in [-0.39, 0.29) is 27.4 Å². The lowest BCUT2D eigenvalue weighted by atomic mass is 9.80. The summed E-state index contributed by atoms with van der Waals surface area (Å²) < 4.78 is 33.9. The molecule has 0 aliphatic carbocycles. The molecule has 2 heterocycles. The summed E-state index contributed by atoms with van der Waals surface area (Å²) in [5.74, 6) is -0.728. The van der Waals surface area contributed by atoms with Gasteiger partial charge >= 0.3 is 0 Å². The number of nitrogens with zero attached hydrogens (tertiary/aromatic N) is 2. The summed E-state index contributed by atoms with van der Waals surface area (Å²) in [5.41, 5.74) is -1.19. The number of aliphatic hydroxyl groups is 1. The van der Waals surface area contributed by atoms with Gasteiger partial charge in [0.05, 0.1) is 17.1 Å². The standard InChI is InChI=1S/C20H28Cl2N2O5S/c1-20(2,26)16-12-23(7-8-29-3)19(25)18-6-4-5-17(16)24(18)30(27,28)15-10-13(21)9-14(22)11-15/h9-11,16-18,26H,4-8,12H2,1-3H3/t16-,17?,18?/m0/s1. The molecule has 30 heavy (non-hydrogen) atoms. The second-order valence-electron chi connectivity index (χ2n) is 8.49. The molecule has 168 valence electrons. The van der Waals surface area contributed by atoms with E-state index in [0.29, 0.717) is 32.4 Å². The average Bonchev–Trinajstić information content (AvgIpc) is 2.71. The van der Waals surface area contributed by atoms with E-state index in [4.69, 9.17) is 27.9 Å². The largest absolute Gasteiger partial charge is 0.390 e. The minimum atomic E-state index is -4.09. The van der Waals surface area contributed by atoms with Crippen LogP contribution in [0.15, 0.2) is 23.1 Å². The monoisotopic (exact) mass is 478 g/mol. The number of carbonyl (C=O) groups excluding carboxylic acids is 1. The molecule has 1 amide bonds. The van der Waals surface area contributed by atoms with E-state index in [1.807, 2.05) is 0 Å². The van der Waals surface area contributed by atoms with Gasteiger partial charge in [0.25, 0.3) is 0 Å². The van der Waals surface area contributed by atoms with Gasteiger partial charge in [0.15, 0.2) is 0 Å². The molecule has 0 spiro atoms.